The SMILES string of the molecule is CCOC(=O)C1CCN(C(=O)CC(C)(C)C)CC1. The standard InChI is InChI=1S/C14H25NO3/c1-5-18-13(17)11-6-8-15(9-7-11)12(16)10-14(2,3)4/h11H,5-10H2,1-4H3. The molecule has 0 unspecified atom stereocenters. The Bertz CT molecular complexity index is 299. The van der Waals surface area contributed by atoms with Gasteiger partial charge in [0.15, 0.2) is 0 Å². The highest BCUT2D eigenvalue weighted by Crippen LogP contribution is 2.23. The van der Waals surface area contributed by atoms with Gasteiger partial charge in [0, 0.05) is 19.5 Å². The number of likely N-dealkylation sites (tertiary alicyclic amines) is 1. The lowest BCUT2D eigenvalue weighted by Gasteiger charge is -2.32. The van der Waals surface area contributed by atoms with Crippen molar-refractivity contribution in [2.24, 2.45) is 11.3 Å². The molecule has 18 heavy (non-hydrogen) atoms. The second-order valence-electron chi connectivity index (χ2n) is 6.14. The van der Waals surface area contributed by atoms with Crippen molar-refractivity contribution < 1.29 is 14.3 Å². The van der Waals surface area contributed by atoms with Crippen molar-refractivity contribution in [3.63, 3.8) is 0 Å². The fourth-order valence-corrected chi connectivity index (χ4v) is 2.19. The maximum atomic E-state index is 12.0. The quantitative estimate of drug-likeness (QED) is 0.726. The van der Waals surface area contributed by atoms with E-state index in [4.69, 9.17) is 4.74 Å². The Morgan fingerprint density at radius 3 is 2.22 bits per heavy atom. The molecular formula is C14H25NO3. The van der Waals surface area contributed by atoms with Crippen LogP contribution in [0.4, 0.5) is 0 Å². The molecule has 0 atom stereocenters. The van der Waals surface area contributed by atoms with Crippen molar-refractivity contribution in [3.8, 4) is 0 Å². The summed E-state index contributed by atoms with van der Waals surface area (Å²) in [6.07, 6.45) is 2.03. The number of ether oxygens (including phenoxy) is 1. The molecule has 1 rings (SSSR count). The predicted molar refractivity (Wildman–Crippen MR) is 70.0 cm³/mol. The zero-order chi connectivity index (χ0) is 13.8. The average Bonchev–Trinajstić information content (AvgIpc) is 2.27. The first-order valence-corrected chi connectivity index (χ1v) is 6.78. The molecule has 104 valence electrons. The summed E-state index contributed by atoms with van der Waals surface area (Å²) in [5.74, 6) is 0.0638. The summed E-state index contributed by atoms with van der Waals surface area (Å²) in [6.45, 7) is 9.81. The van der Waals surface area contributed by atoms with E-state index in [1.54, 1.807) is 0 Å². The third-order valence-electron chi connectivity index (χ3n) is 3.15. The molecular weight excluding hydrogens is 230 g/mol. The van der Waals surface area contributed by atoms with E-state index in [-0.39, 0.29) is 23.2 Å². The Balaban J connectivity index is 2.39. The molecule has 0 N–H and O–H groups in total. The van der Waals surface area contributed by atoms with E-state index in [1.165, 1.54) is 0 Å². The Morgan fingerprint density at radius 2 is 1.78 bits per heavy atom. The van der Waals surface area contributed by atoms with Crippen LogP contribution in [0.25, 0.3) is 0 Å². The van der Waals surface area contributed by atoms with Gasteiger partial charge in [0.25, 0.3) is 0 Å². The lowest BCUT2D eigenvalue weighted by atomic mass is 9.90. The number of rotatable bonds is 3. The highest BCUT2D eigenvalue weighted by atomic mass is 16.5. The summed E-state index contributed by atoms with van der Waals surface area (Å²) in [6, 6.07) is 0. The van der Waals surface area contributed by atoms with Gasteiger partial charge in [0.2, 0.25) is 5.91 Å². The largest absolute Gasteiger partial charge is 0.466 e. The van der Waals surface area contributed by atoms with Crippen LogP contribution in [-0.2, 0) is 14.3 Å². The summed E-state index contributed by atoms with van der Waals surface area (Å²) < 4.78 is 5.02. The van der Waals surface area contributed by atoms with E-state index >= 15 is 0 Å². The first kappa shape index (κ1) is 15.0. The molecule has 4 heteroatoms. The molecule has 1 fully saturated rings. The van der Waals surface area contributed by atoms with E-state index < -0.39 is 0 Å². The van der Waals surface area contributed by atoms with Crippen molar-refractivity contribution in [2.75, 3.05) is 19.7 Å². The predicted octanol–water partition coefficient (Wildman–Crippen LogP) is 2.22. The molecule has 1 saturated heterocycles. The lowest BCUT2D eigenvalue weighted by Crippen LogP contribution is -2.41. The minimum atomic E-state index is -0.111. The van der Waals surface area contributed by atoms with Crippen LogP contribution in [-0.4, -0.2) is 36.5 Å². The molecule has 4 nitrogen and oxygen atoms in total. The number of carbonyl (C=O) groups is 2. The molecule has 0 aromatic rings. The first-order chi connectivity index (χ1) is 8.33. The molecule has 1 aliphatic rings. The second kappa shape index (κ2) is 6.21. The van der Waals surface area contributed by atoms with Crippen LogP contribution in [0, 0.1) is 11.3 Å². The van der Waals surface area contributed by atoms with Gasteiger partial charge in [-0.15, -0.1) is 0 Å². The molecule has 0 saturated carbocycles. The van der Waals surface area contributed by atoms with Gasteiger partial charge in [-0.25, -0.2) is 0 Å². The van der Waals surface area contributed by atoms with Gasteiger partial charge < -0.3 is 9.64 Å². The van der Waals surface area contributed by atoms with E-state index in [2.05, 4.69) is 20.8 Å². The van der Waals surface area contributed by atoms with Crippen molar-refractivity contribution in [3.05, 3.63) is 0 Å². The summed E-state index contributed by atoms with van der Waals surface area (Å²) in [5, 5.41) is 0. The van der Waals surface area contributed by atoms with Crippen molar-refractivity contribution in [1.29, 1.82) is 0 Å². The number of esters is 1. The maximum Gasteiger partial charge on any atom is 0.309 e. The number of hydrogen-bond acceptors (Lipinski definition) is 3. The second-order valence-corrected chi connectivity index (χ2v) is 6.14. The van der Waals surface area contributed by atoms with Crippen LogP contribution in [0.15, 0.2) is 0 Å². The van der Waals surface area contributed by atoms with Crippen LogP contribution in [0.1, 0.15) is 47.0 Å². The van der Waals surface area contributed by atoms with Crippen LogP contribution >= 0.6 is 0 Å². The minimum Gasteiger partial charge on any atom is -0.466 e. The Labute approximate surface area is 110 Å². The summed E-state index contributed by atoms with van der Waals surface area (Å²) in [7, 11) is 0. The first-order valence-electron chi connectivity index (χ1n) is 6.78. The van der Waals surface area contributed by atoms with E-state index in [1.807, 2.05) is 11.8 Å². The number of piperidine rings is 1. The van der Waals surface area contributed by atoms with Crippen molar-refractivity contribution in [2.45, 2.75) is 47.0 Å². The third-order valence-corrected chi connectivity index (χ3v) is 3.15. The Morgan fingerprint density at radius 1 is 1.22 bits per heavy atom. The van der Waals surface area contributed by atoms with Crippen LogP contribution in [0.3, 0.4) is 0 Å². The molecule has 0 radical (unpaired) electrons. The number of nitrogens with zero attached hydrogens (tertiary/aromatic N) is 1. The maximum absolute atomic E-state index is 12.0. The smallest absolute Gasteiger partial charge is 0.309 e. The number of hydrogen-bond donors (Lipinski definition) is 0. The van der Waals surface area contributed by atoms with E-state index in [9.17, 15) is 9.59 Å². The van der Waals surface area contributed by atoms with Gasteiger partial charge in [0.1, 0.15) is 0 Å². The number of amides is 1. The van der Waals surface area contributed by atoms with Gasteiger partial charge in [-0.05, 0) is 25.2 Å². The van der Waals surface area contributed by atoms with Crippen LogP contribution in [0.2, 0.25) is 0 Å². The van der Waals surface area contributed by atoms with Crippen LogP contribution in [0.5, 0.6) is 0 Å². The van der Waals surface area contributed by atoms with Gasteiger partial charge in [0.05, 0.1) is 12.5 Å². The Hall–Kier alpha value is -1.06. The molecule has 0 bridgehead atoms. The van der Waals surface area contributed by atoms with E-state index in [0.717, 1.165) is 12.8 Å². The van der Waals surface area contributed by atoms with E-state index in [0.29, 0.717) is 26.1 Å². The van der Waals surface area contributed by atoms with Gasteiger partial charge >= 0.3 is 5.97 Å². The average molecular weight is 255 g/mol. The summed E-state index contributed by atoms with van der Waals surface area (Å²) >= 11 is 0. The molecule has 0 spiro atoms. The minimum absolute atomic E-state index is 0.0229. The fraction of sp³-hybridized carbons (Fsp3) is 0.857. The topological polar surface area (TPSA) is 46.6 Å². The van der Waals surface area contributed by atoms with Gasteiger partial charge in [-0.1, -0.05) is 20.8 Å². The highest BCUT2D eigenvalue weighted by molar-refractivity contribution is 5.77. The number of carbonyl (C=O) groups excluding carboxylic acids is 2. The summed E-state index contributed by atoms with van der Waals surface area (Å²) in [5.41, 5.74) is 0.0229. The van der Waals surface area contributed by atoms with Gasteiger partial charge in [-0.3, -0.25) is 9.59 Å². The Kier molecular flexibility index (Phi) is 5.17. The molecule has 0 aliphatic carbocycles. The van der Waals surface area contributed by atoms with Crippen LogP contribution < -0.4 is 0 Å². The highest BCUT2D eigenvalue weighted by Gasteiger charge is 2.29. The zero-order valence-electron chi connectivity index (χ0n) is 12.0. The monoisotopic (exact) mass is 255 g/mol. The molecule has 1 heterocycles. The van der Waals surface area contributed by atoms with Gasteiger partial charge in [-0.2, -0.15) is 0 Å². The van der Waals surface area contributed by atoms with Crippen molar-refractivity contribution >= 4 is 11.9 Å². The molecule has 1 amide bonds. The zero-order valence-corrected chi connectivity index (χ0v) is 12.0. The molecule has 0 aromatic heterocycles. The molecule has 1 aliphatic heterocycles. The van der Waals surface area contributed by atoms with Crippen molar-refractivity contribution in [1.82, 2.24) is 4.90 Å². The lowest BCUT2D eigenvalue weighted by molar-refractivity contribution is -0.151. The fourth-order valence-electron chi connectivity index (χ4n) is 2.19. The normalized spacial score (nSPS) is 17.7. The molecule has 0 aromatic carbocycles. The summed E-state index contributed by atoms with van der Waals surface area (Å²) in [4.78, 5) is 25.5. The third kappa shape index (κ3) is 4.67.